The Morgan fingerprint density at radius 1 is 1.31 bits per heavy atom. The van der Waals surface area contributed by atoms with Gasteiger partial charge in [-0.15, -0.1) is 0 Å². The summed E-state index contributed by atoms with van der Waals surface area (Å²) in [5.74, 6) is -0.459. The van der Waals surface area contributed by atoms with E-state index in [0.717, 1.165) is 24.1 Å². The first-order valence-electron chi connectivity index (χ1n) is 8.77. The third-order valence-electron chi connectivity index (χ3n) is 4.50. The number of hydrogen-bond acceptors (Lipinski definition) is 4. The molecule has 1 aromatic carbocycles. The molecule has 6 nitrogen and oxygen atoms in total. The van der Waals surface area contributed by atoms with Crippen LogP contribution in [0, 0.1) is 0 Å². The highest BCUT2D eigenvalue weighted by atomic mass is 32.1. The topological polar surface area (TPSA) is 70.7 Å². The van der Waals surface area contributed by atoms with Gasteiger partial charge in [0.25, 0.3) is 0 Å². The van der Waals surface area contributed by atoms with Gasteiger partial charge in [0.05, 0.1) is 18.2 Å². The zero-order chi connectivity index (χ0) is 18.8. The number of carbonyl (C=O) groups excluding carboxylic acids is 2. The molecule has 0 radical (unpaired) electrons. The lowest BCUT2D eigenvalue weighted by Crippen LogP contribution is -2.48. The molecule has 2 aliphatic rings. The van der Waals surface area contributed by atoms with E-state index in [-0.39, 0.29) is 17.9 Å². The van der Waals surface area contributed by atoms with Gasteiger partial charge in [0.15, 0.2) is 5.11 Å². The number of anilines is 1. The Labute approximate surface area is 158 Å². The first-order chi connectivity index (χ1) is 12.4. The number of rotatable bonds is 5. The summed E-state index contributed by atoms with van der Waals surface area (Å²) in [4.78, 5) is 25.9. The van der Waals surface area contributed by atoms with Crippen LogP contribution in [0.25, 0.3) is 0 Å². The molecular formula is C19H23N3O3S. The normalized spacial score (nSPS) is 19.9. The summed E-state index contributed by atoms with van der Waals surface area (Å²) in [6, 6.07) is 7.38. The molecule has 1 fully saturated rings. The van der Waals surface area contributed by atoms with Crippen LogP contribution in [-0.4, -0.2) is 34.5 Å². The maximum atomic E-state index is 12.7. The zero-order valence-corrected chi connectivity index (χ0v) is 16.0. The Bertz CT molecular complexity index is 769. The molecular weight excluding hydrogens is 350 g/mol. The highest BCUT2D eigenvalue weighted by molar-refractivity contribution is 7.80. The van der Waals surface area contributed by atoms with E-state index in [4.69, 9.17) is 17.0 Å². The number of allylic oxidation sites excluding steroid dienone is 1. The molecule has 1 amide bonds. The molecule has 0 bridgehead atoms. The first-order valence-corrected chi connectivity index (χ1v) is 9.18. The van der Waals surface area contributed by atoms with Crippen LogP contribution < -0.4 is 10.6 Å². The van der Waals surface area contributed by atoms with Crippen molar-refractivity contribution in [3.8, 4) is 0 Å². The molecule has 1 heterocycles. The van der Waals surface area contributed by atoms with Gasteiger partial charge in [-0.3, -0.25) is 4.79 Å². The van der Waals surface area contributed by atoms with Crippen LogP contribution in [-0.2, 0) is 14.3 Å². The van der Waals surface area contributed by atoms with Gasteiger partial charge < -0.3 is 20.3 Å². The lowest BCUT2D eigenvalue weighted by molar-refractivity contribution is -0.139. The monoisotopic (exact) mass is 373 g/mol. The van der Waals surface area contributed by atoms with Gasteiger partial charge in [-0.1, -0.05) is 12.1 Å². The fourth-order valence-corrected chi connectivity index (χ4v) is 3.62. The highest BCUT2D eigenvalue weighted by Gasteiger charge is 2.40. The predicted octanol–water partition coefficient (Wildman–Crippen LogP) is 2.88. The molecule has 1 saturated carbocycles. The number of ether oxygens (including phenoxy) is 1. The van der Waals surface area contributed by atoms with E-state index in [1.165, 1.54) is 6.92 Å². The number of esters is 1. The zero-order valence-electron chi connectivity index (χ0n) is 15.2. The Kier molecular flexibility index (Phi) is 5.27. The molecule has 1 aromatic rings. The molecule has 0 aromatic heterocycles. The number of nitrogens with zero attached hydrogens (tertiary/aromatic N) is 1. The van der Waals surface area contributed by atoms with Crippen molar-refractivity contribution in [1.82, 2.24) is 10.2 Å². The summed E-state index contributed by atoms with van der Waals surface area (Å²) in [6.45, 7) is 5.51. The molecule has 2 N–H and O–H groups in total. The fraction of sp³-hybridized carbons (Fsp3) is 0.421. The Hall–Kier alpha value is -2.41. The molecule has 3 rings (SSSR count). The molecule has 0 spiro atoms. The van der Waals surface area contributed by atoms with E-state index in [1.807, 2.05) is 36.1 Å². The minimum absolute atomic E-state index is 0.127. The number of amides is 1. The van der Waals surface area contributed by atoms with Crippen molar-refractivity contribution in [3.05, 3.63) is 41.1 Å². The summed E-state index contributed by atoms with van der Waals surface area (Å²) in [7, 11) is 0. The molecule has 0 saturated heterocycles. The van der Waals surface area contributed by atoms with Gasteiger partial charge in [-0.2, -0.15) is 0 Å². The van der Waals surface area contributed by atoms with E-state index in [2.05, 4.69) is 10.6 Å². The molecule has 1 aliphatic heterocycles. The number of thiocarbonyl (C=S) groups is 1. The lowest BCUT2D eigenvalue weighted by Gasteiger charge is -2.37. The predicted molar refractivity (Wildman–Crippen MR) is 103 cm³/mol. The van der Waals surface area contributed by atoms with Crippen LogP contribution >= 0.6 is 12.2 Å². The Morgan fingerprint density at radius 3 is 2.50 bits per heavy atom. The maximum absolute atomic E-state index is 12.7. The number of hydrogen-bond donors (Lipinski definition) is 2. The third kappa shape index (κ3) is 3.72. The van der Waals surface area contributed by atoms with Crippen LogP contribution in [0.4, 0.5) is 5.69 Å². The number of benzene rings is 1. The molecule has 26 heavy (non-hydrogen) atoms. The van der Waals surface area contributed by atoms with E-state index in [1.54, 1.807) is 6.92 Å². The number of nitrogens with one attached hydrogen (secondary N) is 2. The van der Waals surface area contributed by atoms with Crippen molar-refractivity contribution < 1.29 is 14.3 Å². The maximum Gasteiger partial charge on any atom is 0.338 e. The first kappa shape index (κ1) is 18.4. The average Bonchev–Trinajstić information content (AvgIpc) is 3.39. The van der Waals surface area contributed by atoms with Gasteiger partial charge in [0.2, 0.25) is 5.91 Å². The van der Waals surface area contributed by atoms with Gasteiger partial charge >= 0.3 is 5.97 Å². The van der Waals surface area contributed by atoms with E-state index in [9.17, 15) is 9.59 Å². The summed E-state index contributed by atoms with van der Waals surface area (Å²) in [6.07, 6.45) is 2.15. The fourth-order valence-electron chi connectivity index (χ4n) is 3.22. The third-order valence-corrected chi connectivity index (χ3v) is 4.81. The molecule has 1 atom stereocenters. The quantitative estimate of drug-likeness (QED) is 0.611. The minimum Gasteiger partial charge on any atom is -0.463 e. The summed E-state index contributed by atoms with van der Waals surface area (Å²) < 4.78 is 5.30. The van der Waals surface area contributed by atoms with Gasteiger partial charge in [-0.05, 0) is 56.6 Å². The Balaban J connectivity index is 1.96. The second-order valence-corrected chi connectivity index (χ2v) is 6.89. The van der Waals surface area contributed by atoms with E-state index >= 15 is 0 Å². The minimum atomic E-state index is -0.372. The summed E-state index contributed by atoms with van der Waals surface area (Å²) in [5, 5.41) is 6.67. The largest absolute Gasteiger partial charge is 0.463 e. The van der Waals surface area contributed by atoms with Crippen LogP contribution in [0.2, 0.25) is 0 Å². The molecule has 0 unspecified atom stereocenters. The van der Waals surface area contributed by atoms with Crippen LogP contribution in [0.5, 0.6) is 0 Å². The van der Waals surface area contributed by atoms with Crippen molar-refractivity contribution >= 4 is 34.9 Å². The lowest BCUT2D eigenvalue weighted by atomic mass is 9.94. The van der Waals surface area contributed by atoms with Crippen LogP contribution in [0.15, 0.2) is 35.5 Å². The average molecular weight is 373 g/mol. The van der Waals surface area contributed by atoms with Crippen molar-refractivity contribution in [2.75, 3.05) is 11.9 Å². The molecule has 138 valence electrons. The second-order valence-electron chi connectivity index (χ2n) is 6.51. The molecule has 1 aliphatic carbocycles. The van der Waals surface area contributed by atoms with Crippen LogP contribution in [0.1, 0.15) is 45.2 Å². The SMILES string of the molecule is CCOC(=O)C1=C(C)N(C2CC2)C(=S)N[C@@H]1c1ccc(NC(C)=O)cc1. The highest BCUT2D eigenvalue weighted by Crippen LogP contribution is 2.38. The van der Waals surface area contributed by atoms with Crippen molar-refractivity contribution in [2.45, 2.75) is 45.7 Å². The van der Waals surface area contributed by atoms with Crippen molar-refractivity contribution in [2.24, 2.45) is 0 Å². The molecule has 7 heteroatoms. The van der Waals surface area contributed by atoms with Gasteiger partial charge in [0, 0.05) is 24.4 Å². The van der Waals surface area contributed by atoms with Crippen molar-refractivity contribution in [3.63, 3.8) is 0 Å². The van der Waals surface area contributed by atoms with Gasteiger partial charge in [-0.25, -0.2) is 4.79 Å². The van der Waals surface area contributed by atoms with Crippen LogP contribution in [0.3, 0.4) is 0 Å². The second kappa shape index (κ2) is 7.45. The van der Waals surface area contributed by atoms with Crippen molar-refractivity contribution in [1.29, 1.82) is 0 Å². The van der Waals surface area contributed by atoms with Gasteiger partial charge in [0.1, 0.15) is 0 Å². The smallest absolute Gasteiger partial charge is 0.338 e. The summed E-state index contributed by atoms with van der Waals surface area (Å²) in [5.41, 5.74) is 3.03. The summed E-state index contributed by atoms with van der Waals surface area (Å²) >= 11 is 5.56. The number of carbonyl (C=O) groups is 2. The van der Waals surface area contributed by atoms with E-state index < -0.39 is 0 Å². The standard InChI is InChI=1S/C19H23N3O3S/c1-4-25-18(24)16-11(2)22(15-9-10-15)19(26)21-17(16)13-5-7-14(8-6-13)20-12(3)23/h5-8,15,17H,4,9-10H2,1-3H3,(H,20,23)(H,21,26)/t17-/m1/s1. The van der Waals surface area contributed by atoms with E-state index in [0.29, 0.717) is 29.0 Å². The Morgan fingerprint density at radius 2 is 1.96 bits per heavy atom.